The molecule has 2 aromatic carbocycles. The highest BCUT2D eigenvalue weighted by molar-refractivity contribution is 6.04. The van der Waals surface area contributed by atoms with Gasteiger partial charge in [0.05, 0.1) is 28.7 Å². The second-order valence-electron chi connectivity index (χ2n) is 5.93. The van der Waals surface area contributed by atoms with Gasteiger partial charge in [0.1, 0.15) is 5.82 Å². The Hall–Kier alpha value is -3.80. The van der Waals surface area contributed by atoms with Crippen molar-refractivity contribution in [3.8, 4) is 0 Å². The minimum atomic E-state index is -0.412. The lowest BCUT2D eigenvalue weighted by Crippen LogP contribution is -2.12. The van der Waals surface area contributed by atoms with Gasteiger partial charge in [-0.2, -0.15) is 0 Å². The summed E-state index contributed by atoms with van der Waals surface area (Å²) in [4.78, 5) is 21.0. The maximum atomic E-state index is 13.3. The maximum Gasteiger partial charge on any atom is 0.257 e. The maximum absolute atomic E-state index is 13.3. The molecule has 0 fully saturated rings. The van der Waals surface area contributed by atoms with Crippen molar-refractivity contribution in [1.29, 1.82) is 0 Å². The lowest BCUT2D eigenvalue weighted by molar-refractivity contribution is 0.102. The Labute approximate surface area is 154 Å². The molecular weight excluding hydrogens is 343 g/mol. The predicted octanol–water partition coefficient (Wildman–Crippen LogP) is 4.76. The highest BCUT2D eigenvalue weighted by atomic mass is 19.1. The number of aromatic nitrogens is 2. The van der Waals surface area contributed by atoms with Crippen LogP contribution in [0.4, 0.5) is 21.5 Å². The molecule has 2 heterocycles. The Kier molecular flexibility index (Phi) is 4.45. The van der Waals surface area contributed by atoms with Crippen LogP contribution in [-0.2, 0) is 0 Å². The van der Waals surface area contributed by atoms with Gasteiger partial charge < -0.3 is 10.6 Å². The SMILES string of the molecule is O=C(Nc1cccc(F)c1)c1cncc(Nc2cccc3cccnc23)c1. The molecule has 132 valence electrons. The van der Waals surface area contributed by atoms with Crippen LogP contribution in [0, 0.1) is 5.82 Å². The number of para-hydroxylation sites is 1. The summed E-state index contributed by atoms with van der Waals surface area (Å²) in [5, 5.41) is 6.92. The molecule has 0 saturated carbocycles. The molecule has 0 aliphatic heterocycles. The molecule has 27 heavy (non-hydrogen) atoms. The van der Waals surface area contributed by atoms with Crippen molar-refractivity contribution in [3.63, 3.8) is 0 Å². The van der Waals surface area contributed by atoms with Crippen LogP contribution in [0.5, 0.6) is 0 Å². The highest BCUT2D eigenvalue weighted by Gasteiger charge is 2.09. The second kappa shape index (κ2) is 7.21. The van der Waals surface area contributed by atoms with E-state index >= 15 is 0 Å². The third-order valence-electron chi connectivity index (χ3n) is 3.99. The summed E-state index contributed by atoms with van der Waals surface area (Å²) in [5.74, 6) is -0.780. The number of hydrogen-bond acceptors (Lipinski definition) is 4. The standard InChI is InChI=1S/C21H15FN4O/c22-16-6-2-7-17(11-16)26-21(27)15-10-18(13-23-12-15)25-19-8-1-4-14-5-3-9-24-20(14)19/h1-13,25H,(H,26,27). The van der Waals surface area contributed by atoms with Crippen molar-refractivity contribution in [1.82, 2.24) is 9.97 Å². The quantitative estimate of drug-likeness (QED) is 0.552. The smallest absolute Gasteiger partial charge is 0.257 e. The van der Waals surface area contributed by atoms with Gasteiger partial charge in [0.15, 0.2) is 0 Å². The van der Waals surface area contributed by atoms with Gasteiger partial charge in [-0.25, -0.2) is 4.39 Å². The number of nitrogens with one attached hydrogen (secondary N) is 2. The molecule has 0 saturated heterocycles. The van der Waals surface area contributed by atoms with E-state index in [9.17, 15) is 9.18 Å². The largest absolute Gasteiger partial charge is 0.352 e. The number of pyridine rings is 2. The van der Waals surface area contributed by atoms with Gasteiger partial charge in [-0.3, -0.25) is 14.8 Å². The molecule has 0 unspecified atom stereocenters. The van der Waals surface area contributed by atoms with Gasteiger partial charge >= 0.3 is 0 Å². The molecule has 2 N–H and O–H groups in total. The van der Waals surface area contributed by atoms with Crippen molar-refractivity contribution >= 4 is 33.9 Å². The number of fused-ring (bicyclic) bond motifs is 1. The second-order valence-corrected chi connectivity index (χ2v) is 5.93. The summed E-state index contributed by atoms with van der Waals surface area (Å²) in [6, 6.07) is 17.1. The zero-order valence-electron chi connectivity index (χ0n) is 14.2. The van der Waals surface area contributed by atoms with Gasteiger partial charge in [0.2, 0.25) is 0 Å². The summed E-state index contributed by atoms with van der Waals surface area (Å²) in [7, 11) is 0. The van der Waals surface area contributed by atoms with Gasteiger partial charge in [0.25, 0.3) is 5.91 Å². The number of amides is 1. The highest BCUT2D eigenvalue weighted by Crippen LogP contribution is 2.24. The third-order valence-corrected chi connectivity index (χ3v) is 3.99. The molecule has 0 radical (unpaired) electrons. The van der Waals surface area contributed by atoms with Crippen LogP contribution >= 0.6 is 0 Å². The van der Waals surface area contributed by atoms with E-state index in [0.717, 1.165) is 16.6 Å². The van der Waals surface area contributed by atoms with E-state index in [2.05, 4.69) is 20.6 Å². The molecule has 0 aliphatic carbocycles. The molecule has 2 aromatic heterocycles. The normalized spacial score (nSPS) is 10.6. The first kappa shape index (κ1) is 16.7. The van der Waals surface area contributed by atoms with Crippen molar-refractivity contribution in [3.05, 3.63) is 90.6 Å². The Bertz CT molecular complexity index is 1120. The first-order chi connectivity index (χ1) is 13.2. The Balaban J connectivity index is 1.58. The zero-order valence-corrected chi connectivity index (χ0v) is 14.2. The van der Waals surface area contributed by atoms with Crippen LogP contribution in [0.25, 0.3) is 10.9 Å². The fourth-order valence-corrected chi connectivity index (χ4v) is 2.76. The minimum absolute atomic E-state index is 0.359. The summed E-state index contributed by atoms with van der Waals surface area (Å²) in [6.45, 7) is 0. The molecule has 6 heteroatoms. The van der Waals surface area contributed by atoms with Crippen LogP contribution in [0.1, 0.15) is 10.4 Å². The summed E-state index contributed by atoms with van der Waals surface area (Å²) >= 11 is 0. The molecule has 0 spiro atoms. The van der Waals surface area contributed by atoms with Crippen LogP contribution in [-0.4, -0.2) is 15.9 Å². The molecule has 1 amide bonds. The van der Waals surface area contributed by atoms with Crippen LogP contribution in [0.2, 0.25) is 0 Å². The van der Waals surface area contributed by atoms with Crippen LogP contribution < -0.4 is 10.6 Å². The first-order valence-electron chi connectivity index (χ1n) is 8.32. The minimum Gasteiger partial charge on any atom is -0.352 e. The first-order valence-corrected chi connectivity index (χ1v) is 8.32. The number of hydrogen-bond donors (Lipinski definition) is 2. The molecule has 0 aliphatic rings. The van der Waals surface area contributed by atoms with E-state index in [0.29, 0.717) is 16.9 Å². The zero-order chi connectivity index (χ0) is 18.6. The lowest BCUT2D eigenvalue weighted by atomic mass is 10.2. The van der Waals surface area contributed by atoms with Crippen molar-refractivity contribution in [2.45, 2.75) is 0 Å². The average molecular weight is 358 g/mol. The topological polar surface area (TPSA) is 66.9 Å². The van der Waals surface area contributed by atoms with Gasteiger partial charge in [-0.1, -0.05) is 24.3 Å². The summed E-state index contributed by atoms with van der Waals surface area (Å²) < 4.78 is 13.3. The molecular formula is C21H15FN4O. The Morgan fingerprint density at radius 1 is 0.926 bits per heavy atom. The number of nitrogens with zero attached hydrogens (tertiary/aromatic N) is 2. The van der Waals surface area contributed by atoms with E-state index < -0.39 is 5.82 Å². The van der Waals surface area contributed by atoms with Gasteiger partial charge in [-0.05, 0) is 36.4 Å². The number of anilines is 3. The van der Waals surface area contributed by atoms with Crippen molar-refractivity contribution in [2.24, 2.45) is 0 Å². The summed E-state index contributed by atoms with van der Waals surface area (Å²) in [5.41, 5.74) is 3.04. The number of carbonyl (C=O) groups is 1. The van der Waals surface area contributed by atoms with Crippen molar-refractivity contribution < 1.29 is 9.18 Å². The average Bonchev–Trinajstić information content (AvgIpc) is 2.68. The molecule has 4 aromatic rings. The Morgan fingerprint density at radius 3 is 2.67 bits per heavy atom. The molecule has 0 atom stereocenters. The molecule has 5 nitrogen and oxygen atoms in total. The van der Waals surface area contributed by atoms with Crippen molar-refractivity contribution in [2.75, 3.05) is 10.6 Å². The fourth-order valence-electron chi connectivity index (χ4n) is 2.76. The van der Waals surface area contributed by atoms with E-state index in [-0.39, 0.29) is 5.91 Å². The lowest BCUT2D eigenvalue weighted by Gasteiger charge is -2.10. The van der Waals surface area contributed by atoms with Crippen LogP contribution in [0.15, 0.2) is 79.3 Å². The number of benzene rings is 2. The molecule has 0 bridgehead atoms. The van der Waals surface area contributed by atoms with E-state index in [1.807, 2.05) is 30.3 Å². The van der Waals surface area contributed by atoms with E-state index in [1.54, 1.807) is 24.5 Å². The number of carbonyl (C=O) groups excluding carboxylic acids is 1. The monoisotopic (exact) mass is 358 g/mol. The number of halogens is 1. The molecule has 4 rings (SSSR count). The Morgan fingerprint density at radius 2 is 1.78 bits per heavy atom. The van der Waals surface area contributed by atoms with Crippen LogP contribution in [0.3, 0.4) is 0 Å². The predicted molar refractivity (Wildman–Crippen MR) is 104 cm³/mol. The summed E-state index contributed by atoms with van der Waals surface area (Å²) in [6.07, 6.45) is 4.82. The van der Waals surface area contributed by atoms with Gasteiger partial charge in [-0.15, -0.1) is 0 Å². The van der Waals surface area contributed by atoms with Gasteiger partial charge in [0, 0.05) is 23.5 Å². The van der Waals surface area contributed by atoms with E-state index in [1.165, 1.54) is 24.4 Å². The van der Waals surface area contributed by atoms with E-state index in [4.69, 9.17) is 0 Å². The number of rotatable bonds is 4. The third kappa shape index (κ3) is 3.74. The fraction of sp³-hybridized carbons (Fsp3) is 0.